The molecular weight excluding hydrogens is 300 g/mol. The number of hydrogen-bond acceptors (Lipinski definition) is 2. The maximum Gasteiger partial charge on any atom is 0.194 e. The van der Waals surface area contributed by atoms with E-state index in [0.717, 1.165) is 24.6 Å². The lowest BCUT2D eigenvalue weighted by Gasteiger charge is -2.38. The van der Waals surface area contributed by atoms with Crippen molar-refractivity contribution < 1.29 is 13.5 Å². The highest BCUT2D eigenvalue weighted by molar-refractivity contribution is 5.80. The van der Waals surface area contributed by atoms with E-state index in [1.54, 1.807) is 12.1 Å². The molecule has 1 aromatic carbocycles. The molecule has 1 heterocycles. The molecule has 2 rings (SSSR count). The van der Waals surface area contributed by atoms with Crippen LogP contribution in [-0.4, -0.2) is 49.8 Å². The van der Waals surface area contributed by atoms with Gasteiger partial charge in [0.15, 0.2) is 5.96 Å². The molecule has 1 saturated heterocycles. The van der Waals surface area contributed by atoms with Gasteiger partial charge in [-0.1, -0.05) is 12.1 Å². The second-order valence-corrected chi connectivity index (χ2v) is 5.67. The third-order valence-corrected chi connectivity index (χ3v) is 3.69. The van der Waals surface area contributed by atoms with Gasteiger partial charge in [0.2, 0.25) is 0 Å². The molecule has 4 nitrogen and oxygen atoms in total. The van der Waals surface area contributed by atoms with E-state index in [1.807, 2.05) is 13.8 Å². The summed E-state index contributed by atoms with van der Waals surface area (Å²) in [5.74, 6) is 0.527. The Kier molecular flexibility index (Phi) is 6.77. The monoisotopic (exact) mass is 325 g/mol. The van der Waals surface area contributed by atoms with Gasteiger partial charge in [-0.25, -0.2) is 4.39 Å². The summed E-state index contributed by atoms with van der Waals surface area (Å²) < 4.78 is 31.4. The van der Waals surface area contributed by atoms with Crippen LogP contribution in [0.25, 0.3) is 0 Å². The number of nitrogens with zero attached hydrogens (tertiary/aromatic N) is 2. The van der Waals surface area contributed by atoms with Crippen LogP contribution >= 0.6 is 0 Å². The van der Waals surface area contributed by atoms with Gasteiger partial charge in [0, 0.05) is 19.6 Å². The van der Waals surface area contributed by atoms with Gasteiger partial charge in [0.1, 0.15) is 11.9 Å². The molecule has 1 aliphatic heterocycles. The first-order valence-electron chi connectivity index (χ1n) is 8.14. The van der Waals surface area contributed by atoms with Gasteiger partial charge < -0.3 is 15.0 Å². The van der Waals surface area contributed by atoms with Crippen LogP contribution in [0.5, 0.6) is 0 Å². The van der Waals surface area contributed by atoms with Crippen LogP contribution < -0.4 is 5.32 Å². The zero-order chi connectivity index (χ0) is 16.7. The number of ether oxygens (including phenoxy) is 1. The van der Waals surface area contributed by atoms with E-state index < -0.39 is 0 Å². The van der Waals surface area contributed by atoms with Crippen molar-refractivity contribution in [1.29, 1.82) is 0 Å². The van der Waals surface area contributed by atoms with Gasteiger partial charge >= 0.3 is 0 Å². The Balaban J connectivity index is 2.11. The van der Waals surface area contributed by atoms with Crippen LogP contribution in [0, 0.1) is 5.82 Å². The number of rotatable bonds is 5. The first-order chi connectivity index (χ1) is 11.1. The van der Waals surface area contributed by atoms with Crippen molar-refractivity contribution in [2.24, 2.45) is 4.99 Å². The summed E-state index contributed by atoms with van der Waals surface area (Å²) in [5, 5.41) is 3.25. The molecule has 0 radical (unpaired) electrons. The summed E-state index contributed by atoms with van der Waals surface area (Å²) >= 11 is 0. The third kappa shape index (κ3) is 5.16. The van der Waals surface area contributed by atoms with Crippen molar-refractivity contribution in [3.8, 4) is 0 Å². The second-order valence-electron chi connectivity index (χ2n) is 5.67. The molecule has 0 bridgehead atoms. The van der Waals surface area contributed by atoms with E-state index in [1.165, 1.54) is 12.1 Å². The van der Waals surface area contributed by atoms with E-state index in [4.69, 9.17) is 4.74 Å². The molecule has 2 atom stereocenters. The Morgan fingerprint density at radius 1 is 1.35 bits per heavy atom. The van der Waals surface area contributed by atoms with Gasteiger partial charge in [-0.05, 0) is 38.0 Å². The average molecular weight is 325 g/mol. The van der Waals surface area contributed by atoms with Crippen molar-refractivity contribution in [2.75, 3.05) is 32.9 Å². The van der Waals surface area contributed by atoms with E-state index in [2.05, 4.69) is 15.2 Å². The molecule has 6 heteroatoms. The molecular formula is C17H25F2N3O. The Labute approximate surface area is 136 Å². The van der Waals surface area contributed by atoms with Gasteiger partial charge in [0.05, 0.1) is 19.3 Å². The summed E-state index contributed by atoms with van der Waals surface area (Å²) in [5.41, 5.74) is 0.947. The number of hydrogen-bond donors (Lipinski definition) is 1. The van der Waals surface area contributed by atoms with Gasteiger partial charge in [-0.3, -0.25) is 9.38 Å². The van der Waals surface area contributed by atoms with Gasteiger partial charge in [-0.15, -0.1) is 0 Å². The van der Waals surface area contributed by atoms with E-state index in [0.29, 0.717) is 19.5 Å². The quantitative estimate of drug-likeness (QED) is 0.514. The minimum absolute atomic E-state index is 0.0313. The highest BCUT2D eigenvalue weighted by Gasteiger charge is 2.28. The van der Waals surface area contributed by atoms with Crippen LogP contribution in [0.4, 0.5) is 8.78 Å². The van der Waals surface area contributed by atoms with Crippen molar-refractivity contribution in [1.82, 2.24) is 10.2 Å². The summed E-state index contributed by atoms with van der Waals surface area (Å²) in [6, 6.07) is 6.40. The minimum atomic E-state index is -0.360. The van der Waals surface area contributed by atoms with Crippen LogP contribution in [0.1, 0.15) is 31.9 Å². The fourth-order valence-electron chi connectivity index (χ4n) is 2.66. The number of nitrogens with one attached hydrogen (secondary N) is 1. The third-order valence-electron chi connectivity index (χ3n) is 3.69. The average Bonchev–Trinajstić information content (AvgIpc) is 2.54. The van der Waals surface area contributed by atoms with Crippen LogP contribution in [0.15, 0.2) is 29.3 Å². The highest BCUT2D eigenvalue weighted by Crippen LogP contribution is 2.25. The zero-order valence-electron chi connectivity index (χ0n) is 13.8. The molecule has 0 aliphatic carbocycles. The lowest BCUT2D eigenvalue weighted by Crippen LogP contribution is -2.50. The topological polar surface area (TPSA) is 36.9 Å². The van der Waals surface area contributed by atoms with Crippen LogP contribution in [-0.2, 0) is 4.74 Å². The second kappa shape index (κ2) is 8.82. The molecule has 0 spiro atoms. The minimum Gasteiger partial charge on any atom is -0.367 e. The van der Waals surface area contributed by atoms with Crippen molar-refractivity contribution in [3.63, 3.8) is 0 Å². The smallest absolute Gasteiger partial charge is 0.194 e. The molecule has 1 fully saturated rings. The maximum absolute atomic E-state index is 13.1. The molecule has 23 heavy (non-hydrogen) atoms. The maximum atomic E-state index is 13.1. The Morgan fingerprint density at radius 3 is 2.74 bits per heavy atom. The number of guanidine groups is 1. The summed E-state index contributed by atoms with van der Waals surface area (Å²) in [4.78, 5) is 6.61. The van der Waals surface area contributed by atoms with Crippen LogP contribution in [0.3, 0.4) is 0 Å². The molecule has 0 saturated carbocycles. The van der Waals surface area contributed by atoms with Crippen molar-refractivity contribution in [3.05, 3.63) is 35.6 Å². The molecule has 0 amide bonds. The molecule has 2 unspecified atom stereocenters. The lowest BCUT2D eigenvalue weighted by molar-refractivity contribution is -0.0605. The summed E-state index contributed by atoms with van der Waals surface area (Å²) in [6.45, 7) is 6.23. The number of aliphatic imine (C=N–C) groups is 1. The molecule has 1 aromatic rings. The number of benzene rings is 1. The molecule has 1 N–H and O–H groups in total. The molecule has 128 valence electrons. The predicted molar refractivity (Wildman–Crippen MR) is 87.8 cm³/mol. The number of halogens is 2. The largest absolute Gasteiger partial charge is 0.367 e. The molecule has 1 aliphatic rings. The van der Waals surface area contributed by atoms with E-state index in [-0.39, 0.29) is 24.7 Å². The zero-order valence-corrected chi connectivity index (χ0v) is 13.8. The summed E-state index contributed by atoms with van der Waals surface area (Å²) in [7, 11) is 0. The van der Waals surface area contributed by atoms with E-state index >= 15 is 0 Å². The lowest BCUT2D eigenvalue weighted by atomic mass is 10.1. The molecule has 0 aromatic heterocycles. The van der Waals surface area contributed by atoms with Crippen molar-refractivity contribution in [2.45, 2.75) is 32.5 Å². The first-order valence-corrected chi connectivity index (χ1v) is 8.14. The first kappa shape index (κ1) is 17.7. The normalized spacial score (nSPS) is 22.3. The SMILES string of the molecule is CCNC(=NCCCF)N1CC(C)OC(c2ccc(F)cc2)C1. The number of alkyl halides is 1. The number of morpholine rings is 1. The van der Waals surface area contributed by atoms with Gasteiger partial charge in [0.25, 0.3) is 0 Å². The standard InChI is InChI=1S/C17H25F2N3O/c1-3-20-17(21-10-4-9-18)22-11-13(2)23-16(12-22)14-5-7-15(19)8-6-14/h5-8,13,16H,3-4,9-12H2,1-2H3,(H,20,21). The van der Waals surface area contributed by atoms with Crippen LogP contribution in [0.2, 0.25) is 0 Å². The highest BCUT2D eigenvalue weighted by atomic mass is 19.1. The van der Waals surface area contributed by atoms with Crippen molar-refractivity contribution >= 4 is 5.96 Å². The summed E-state index contributed by atoms with van der Waals surface area (Å²) in [6.07, 6.45) is 0.323. The Bertz CT molecular complexity index is 507. The van der Waals surface area contributed by atoms with E-state index in [9.17, 15) is 8.78 Å². The Morgan fingerprint density at radius 2 is 2.09 bits per heavy atom. The fourth-order valence-corrected chi connectivity index (χ4v) is 2.66. The fraction of sp³-hybridized carbons (Fsp3) is 0.588. The van der Waals surface area contributed by atoms with Gasteiger partial charge in [-0.2, -0.15) is 0 Å². The Hall–Kier alpha value is -1.69. The predicted octanol–water partition coefficient (Wildman–Crippen LogP) is 2.91.